The fourth-order valence-corrected chi connectivity index (χ4v) is 1.44. The van der Waals surface area contributed by atoms with Gasteiger partial charge in [-0.15, -0.1) is 0 Å². The van der Waals surface area contributed by atoms with Gasteiger partial charge in [-0.1, -0.05) is 13.8 Å². The second-order valence-electron chi connectivity index (χ2n) is 4.36. The molecule has 16 heavy (non-hydrogen) atoms. The first-order valence-corrected chi connectivity index (χ1v) is 5.85. The Labute approximate surface area is 97.6 Å². The molecule has 0 radical (unpaired) electrons. The van der Waals surface area contributed by atoms with Gasteiger partial charge in [-0.2, -0.15) is 0 Å². The van der Waals surface area contributed by atoms with E-state index in [0.717, 1.165) is 17.7 Å². The number of Topliss-reactive ketones (excluding diaryl/α,β-unsaturated/α-hetero) is 1. The van der Waals surface area contributed by atoms with Gasteiger partial charge in [0.05, 0.1) is 6.10 Å². The van der Waals surface area contributed by atoms with Crippen LogP contribution in [-0.2, 0) is 0 Å². The maximum Gasteiger partial charge on any atom is 0.165 e. The fraction of sp³-hybridized carbons (Fsp3) is 0.500. The molecule has 0 aliphatic rings. The second kappa shape index (κ2) is 5.69. The van der Waals surface area contributed by atoms with Crippen LogP contribution in [0.15, 0.2) is 24.3 Å². The van der Waals surface area contributed by atoms with Crippen LogP contribution in [0.1, 0.15) is 44.5 Å². The summed E-state index contributed by atoms with van der Waals surface area (Å²) in [5.74, 6) is 1.12. The Morgan fingerprint density at radius 3 is 2.19 bits per heavy atom. The molecule has 0 aliphatic carbocycles. The topological polar surface area (TPSA) is 26.3 Å². The van der Waals surface area contributed by atoms with Crippen molar-refractivity contribution < 1.29 is 9.53 Å². The second-order valence-corrected chi connectivity index (χ2v) is 4.36. The van der Waals surface area contributed by atoms with Crippen molar-refractivity contribution in [1.82, 2.24) is 0 Å². The molecule has 0 fully saturated rings. The number of hydrogen-bond acceptors (Lipinski definition) is 2. The predicted molar refractivity (Wildman–Crippen MR) is 66.0 cm³/mol. The van der Waals surface area contributed by atoms with Crippen LogP contribution in [0.4, 0.5) is 0 Å². The van der Waals surface area contributed by atoms with Gasteiger partial charge in [-0.25, -0.2) is 0 Å². The Hall–Kier alpha value is -1.31. The van der Waals surface area contributed by atoms with Crippen LogP contribution in [0, 0.1) is 5.92 Å². The first-order valence-electron chi connectivity index (χ1n) is 5.85. The van der Waals surface area contributed by atoms with E-state index in [-0.39, 0.29) is 17.8 Å². The van der Waals surface area contributed by atoms with Crippen LogP contribution in [0.5, 0.6) is 5.75 Å². The zero-order valence-corrected chi connectivity index (χ0v) is 10.5. The van der Waals surface area contributed by atoms with Crippen molar-refractivity contribution in [2.24, 2.45) is 5.92 Å². The van der Waals surface area contributed by atoms with Gasteiger partial charge < -0.3 is 4.74 Å². The molecule has 1 atom stereocenters. The summed E-state index contributed by atoms with van der Waals surface area (Å²) >= 11 is 0. The molecular weight excluding hydrogens is 200 g/mol. The summed E-state index contributed by atoms with van der Waals surface area (Å²) in [5.41, 5.74) is 0.769. The number of benzene rings is 1. The molecule has 1 aromatic carbocycles. The van der Waals surface area contributed by atoms with E-state index in [1.807, 2.05) is 52.0 Å². The van der Waals surface area contributed by atoms with Crippen molar-refractivity contribution in [1.29, 1.82) is 0 Å². The quantitative estimate of drug-likeness (QED) is 0.707. The summed E-state index contributed by atoms with van der Waals surface area (Å²) in [7, 11) is 0. The third-order valence-corrected chi connectivity index (χ3v) is 2.57. The molecule has 1 rings (SSSR count). The highest BCUT2D eigenvalue weighted by molar-refractivity contribution is 5.97. The van der Waals surface area contributed by atoms with Crippen molar-refractivity contribution in [3.63, 3.8) is 0 Å². The van der Waals surface area contributed by atoms with Gasteiger partial charge in [-0.3, -0.25) is 4.79 Å². The van der Waals surface area contributed by atoms with E-state index in [1.54, 1.807) is 0 Å². The van der Waals surface area contributed by atoms with Crippen molar-refractivity contribution in [2.45, 2.75) is 40.2 Å². The van der Waals surface area contributed by atoms with Crippen molar-refractivity contribution in [3.05, 3.63) is 29.8 Å². The molecular formula is C14H20O2. The van der Waals surface area contributed by atoms with Crippen LogP contribution < -0.4 is 4.74 Å². The van der Waals surface area contributed by atoms with Gasteiger partial charge in [-0.05, 0) is 44.5 Å². The summed E-state index contributed by atoms with van der Waals surface area (Å²) in [4.78, 5) is 11.9. The lowest BCUT2D eigenvalue weighted by atomic mass is 9.97. The summed E-state index contributed by atoms with van der Waals surface area (Å²) in [6.07, 6.45) is 1.04. The zero-order chi connectivity index (χ0) is 12.1. The smallest absolute Gasteiger partial charge is 0.165 e. The van der Waals surface area contributed by atoms with Crippen molar-refractivity contribution in [3.8, 4) is 5.75 Å². The van der Waals surface area contributed by atoms with Crippen LogP contribution in [-0.4, -0.2) is 11.9 Å². The molecule has 0 aliphatic heterocycles. The monoisotopic (exact) mass is 220 g/mol. The van der Waals surface area contributed by atoms with E-state index in [2.05, 4.69) is 0 Å². The Kier molecular flexibility index (Phi) is 4.53. The molecule has 2 heteroatoms. The summed E-state index contributed by atoms with van der Waals surface area (Å²) < 4.78 is 5.52. The zero-order valence-electron chi connectivity index (χ0n) is 10.5. The molecule has 2 nitrogen and oxygen atoms in total. The Balaban J connectivity index is 2.74. The average Bonchev–Trinajstić information content (AvgIpc) is 2.27. The summed E-state index contributed by atoms with van der Waals surface area (Å²) in [6.45, 7) is 7.95. The number of hydrogen-bond donors (Lipinski definition) is 0. The number of ketones is 1. The predicted octanol–water partition coefficient (Wildman–Crippen LogP) is 3.70. The maximum atomic E-state index is 11.9. The number of carbonyl (C=O) groups excluding carboxylic acids is 1. The molecule has 0 saturated heterocycles. The average molecular weight is 220 g/mol. The highest BCUT2D eigenvalue weighted by atomic mass is 16.5. The number of ether oxygens (including phenoxy) is 1. The first-order chi connectivity index (χ1) is 7.54. The number of rotatable bonds is 5. The normalized spacial score (nSPS) is 12.6. The van der Waals surface area contributed by atoms with Crippen molar-refractivity contribution >= 4 is 5.78 Å². The SMILES string of the molecule is CCC(C)C(=O)c1ccc(OC(C)C)cc1. The van der Waals surface area contributed by atoms with E-state index < -0.39 is 0 Å². The summed E-state index contributed by atoms with van der Waals surface area (Å²) in [6, 6.07) is 7.39. The van der Waals surface area contributed by atoms with Gasteiger partial charge in [0.15, 0.2) is 5.78 Å². The van der Waals surface area contributed by atoms with E-state index in [9.17, 15) is 4.79 Å². The fourth-order valence-electron chi connectivity index (χ4n) is 1.44. The molecule has 88 valence electrons. The molecule has 0 aromatic heterocycles. The molecule has 0 saturated carbocycles. The van der Waals surface area contributed by atoms with Crippen LogP contribution in [0.2, 0.25) is 0 Å². The standard InChI is InChI=1S/C14H20O2/c1-5-11(4)14(15)12-6-8-13(9-7-12)16-10(2)3/h6-11H,5H2,1-4H3. The van der Waals surface area contributed by atoms with Gasteiger partial charge >= 0.3 is 0 Å². The third-order valence-electron chi connectivity index (χ3n) is 2.57. The lowest BCUT2D eigenvalue weighted by Crippen LogP contribution is -2.10. The van der Waals surface area contributed by atoms with E-state index in [4.69, 9.17) is 4.74 Å². The van der Waals surface area contributed by atoms with Crippen LogP contribution >= 0.6 is 0 Å². The van der Waals surface area contributed by atoms with Gasteiger partial charge in [0.2, 0.25) is 0 Å². The molecule has 0 N–H and O–H groups in total. The number of carbonyl (C=O) groups is 1. The molecule has 1 unspecified atom stereocenters. The van der Waals surface area contributed by atoms with Gasteiger partial charge in [0.25, 0.3) is 0 Å². The minimum absolute atomic E-state index is 0.0943. The van der Waals surface area contributed by atoms with Crippen LogP contribution in [0.3, 0.4) is 0 Å². The molecule has 1 aromatic rings. The minimum Gasteiger partial charge on any atom is -0.491 e. The maximum absolute atomic E-state index is 11.9. The molecule has 0 amide bonds. The Bertz CT molecular complexity index is 338. The van der Waals surface area contributed by atoms with E-state index >= 15 is 0 Å². The molecule has 0 heterocycles. The first kappa shape index (κ1) is 12.8. The highest BCUT2D eigenvalue weighted by Crippen LogP contribution is 2.17. The minimum atomic E-state index is 0.0943. The lowest BCUT2D eigenvalue weighted by Gasteiger charge is -2.11. The van der Waals surface area contributed by atoms with Gasteiger partial charge in [0.1, 0.15) is 5.75 Å². The lowest BCUT2D eigenvalue weighted by molar-refractivity contribution is 0.0927. The molecule has 0 spiro atoms. The third kappa shape index (κ3) is 3.37. The highest BCUT2D eigenvalue weighted by Gasteiger charge is 2.12. The van der Waals surface area contributed by atoms with Crippen LogP contribution in [0.25, 0.3) is 0 Å². The van der Waals surface area contributed by atoms with Gasteiger partial charge in [0, 0.05) is 11.5 Å². The van der Waals surface area contributed by atoms with E-state index in [1.165, 1.54) is 0 Å². The Morgan fingerprint density at radius 1 is 1.19 bits per heavy atom. The van der Waals surface area contributed by atoms with Crippen molar-refractivity contribution in [2.75, 3.05) is 0 Å². The molecule has 0 bridgehead atoms. The van der Waals surface area contributed by atoms with E-state index in [0.29, 0.717) is 0 Å². The summed E-state index contributed by atoms with van der Waals surface area (Å²) in [5, 5.41) is 0. The largest absolute Gasteiger partial charge is 0.491 e. The Morgan fingerprint density at radius 2 is 1.75 bits per heavy atom.